The lowest BCUT2D eigenvalue weighted by atomic mass is 10.0. The standard InChI is InChI=1S/C21H40O3/c1-2-3-4-5-6-7-8-9-10-11-12-13-14-15-16-17-18-19-24-21(23)20-22/h20H,2-19H2,1H3. The molecule has 0 saturated heterocycles. The number of carbonyl (C=O) groups is 2. The van der Waals surface area contributed by atoms with Crippen LogP contribution in [0, 0.1) is 0 Å². The highest BCUT2D eigenvalue weighted by Crippen LogP contribution is 2.13. The van der Waals surface area contributed by atoms with Gasteiger partial charge in [-0.1, -0.05) is 110 Å². The van der Waals surface area contributed by atoms with E-state index in [1.165, 1.54) is 96.3 Å². The summed E-state index contributed by atoms with van der Waals surface area (Å²) in [6, 6.07) is 0. The summed E-state index contributed by atoms with van der Waals surface area (Å²) >= 11 is 0. The molecule has 3 nitrogen and oxygen atoms in total. The lowest BCUT2D eigenvalue weighted by molar-refractivity contribution is -0.148. The first-order chi connectivity index (χ1) is 11.8. The van der Waals surface area contributed by atoms with Crippen LogP contribution in [0.25, 0.3) is 0 Å². The van der Waals surface area contributed by atoms with Crippen molar-refractivity contribution in [3.05, 3.63) is 0 Å². The fraction of sp³-hybridized carbons (Fsp3) is 0.905. The molecule has 0 radical (unpaired) electrons. The Morgan fingerprint density at radius 2 is 0.958 bits per heavy atom. The molecule has 0 aliphatic rings. The van der Waals surface area contributed by atoms with Crippen LogP contribution < -0.4 is 0 Å². The van der Waals surface area contributed by atoms with Crippen LogP contribution in [0.1, 0.15) is 116 Å². The number of aldehydes is 1. The fourth-order valence-electron chi connectivity index (χ4n) is 3.03. The van der Waals surface area contributed by atoms with Gasteiger partial charge in [-0.3, -0.25) is 4.79 Å². The lowest BCUT2D eigenvalue weighted by Gasteiger charge is -2.04. The van der Waals surface area contributed by atoms with Crippen LogP contribution in [0.5, 0.6) is 0 Å². The number of hydrogen-bond donors (Lipinski definition) is 0. The predicted molar refractivity (Wildman–Crippen MR) is 101 cm³/mol. The Morgan fingerprint density at radius 1 is 0.625 bits per heavy atom. The van der Waals surface area contributed by atoms with E-state index in [0.717, 1.165) is 12.8 Å². The van der Waals surface area contributed by atoms with Crippen molar-refractivity contribution in [3.63, 3.8) is 0 Å². The van der Waals surface area contributed by atoms with Crippen LogP contribution in [0.4, 0.5) is 0 Å². The first-order valence-corrected chi connectivity index (χ1v) is 10.4. The van der Waals surface area contributed by atoms with E-state index in [1.54, 1.807) is 0 Å². The Labute approximate surface area is 149 Å². The maximum absolute atomic E-state index is 10.6. The van der Waals surface area contributed by atoms with Crippen LogP contribution >= 0.6 is 0 Å². The molecule has 0 bridgehead atoms. The molecular formula is C21H40O3. The zero-order chi connectivity index (χ0) is 17.7. The predicted octanol–water partition coefficient (Wildman–Crippen LogP) is 6.38. The Bertz CT molecular complexity index is 276. The van der Waals surface area contributed by atoms with Gasteiger partial charge in [0.25, 0.3) is 0 Å². The largest absolute Gasteiger partial charge is 0.460 e. The molecule has 0 aliphatic heterocycles. The highest BCUT2D eigenvalue weighted by molar-refractivity contribution is 6.20. The topological polar surface area (TPSA) is 43.4 Å². The first-order valence-electron chi connectivity index (χ1n) is 10.4. The van der Waals surface area contributed by atoms with Gasteiger partial charge in [0.2, 0.25) is 6.29 Å². The molecule has 0 N–H and O–H groups in total. The van der Waals surface area contributed by atoms with E-state index in [2.05, 4.69) is 6.92 Å². The van der Waals surface area contributed by atoms with Crippen molar-refractivity contribution >= 4 is 12.3 Å². The van der Waals surface area contributed by atoms with Crippen LogP contribution in [-0.4, -0.2) is 18.9 Å². The third-order valence-electron chi connectivity index (χ3n) is 4.59. The van der Waals surface area contributed by atoms with Crippen molar-refractivity contribution in [3.8, 4) is 0 Å². The van der Waals surface area contributed by atoms with Gasteiger partial charge in [0.15, 0.2) is 0 Å². The minimum atomic E-state index is -0.744. The Balaban J connectivity index is 3.00. The molecule has 0 aliphatic carbocycles. The van der Waals surface area contributed by atoms with Crippen molar-refractivity contribution in [2.45, 2.75) is 116 Å². The number of carbonyl (C=O) groups excluding carboxylic acids is 2. The molecule has 0 rings (SSSR count). The van der Waals surface area contributed by atoms with Crippen molar-refractivity contribution in [2.75, 3.05) is 6.61 Å². The van der Waals surface area contributed by atoms with Gasteiger partial charge in [0.1, 0.15) is 0 Å². The van der Waals surface area contributed by atoms with Crippen molar-refractivity contribution in [1.29, 1.82) is 0 Å². The van der Waals surface area contributed by atoms with Gasteiger partial charge in [-0.15, -0.1) is 0 Å². The summed E-state index contributed by atoms with van der Waals surface area (Å²) in [4.78, 5) is 20.6. The minimum absolute atomic E-state index is 0.230. The molecular weight excluding hydrogens is 300 g/mol. The summed E-state index contributed by atoms with van der Waals surface area (Å²) in [5.41, 5.74) is 0. The summed E-state index contributed by atoms with van der Waals surface area (Å²) in [7, 11) is 0. The normalized spacial score (nSPS) is 10.7. The summed E-state index contributed by atoms with van der Waals surface area (Å²) in [6.45, 7) is 2.66. The zero-order valence-electron chi connectivity index (χ0n) is 16.0. The fourth-order valence-corrected chi connectivity index (χ4v) is 3.03. The van der Waals surface area contributed by atoms with Gasteiger partial charge in [0, 0.05) is 0 Å². The SMILES string of the molecule is CCCCCCCCCCCCCCCCCCCOC(=O)C=O. The maximum atomic E-state index is 10.6. The van der Waals surface area contributed by atoms with Crippen LogP contribution in [0.15, 0.2) is 0 Å². The van der Waals surface area contributed by atoms with Crippen LogP contribution in [0.2, 0.25) is 0 Å². The smallest absolute Gasteiger partial charge is 0.371 e. The van der Waals surface area contributed by atoms with E-state index in [-0.39, 0.29) is 6.29 Å². The van der Waals surface area contributed by atoms with Crippen LogP contribution in [0.3, 0.4) is 0 Å². The monoisotopic (exact) mass is 340 g/mol. The van der Waals surface area contributed by atoms with E-state index in [4.69, 9.17) is 4.74 Å². The summed E-state index contributed by atoms with van der Waals surface area (Å²) in [5.74, 6) is -0.744. The molecule has 0 amide bonds. The summed E-state index contributed by atoms with van der Waals surface area (Å²) in [6.07, 6.45) is 22.9. The lowest BCUT2D eigenvalue weighted by Crippen LogP contribution is -2.06. The van der Waals surface area contributed by atoms with E-state index in [0.29, 0.717) is 6.61 Å². The van der Waals surface area contributed by atoms with Gasteiger partial charge < -0.3 is 4.74 Å². The molecule has 0 aromatic heterocycles. The number of esters is 1. The van der Waals surface area contributed by atoms with Crippen molar-refractivity contribution < 1.29 is 14.3 Å². The molecule has 0 unspecified atom stereocenters. The van der Waals surface area contributed by atoms with Crippen LogP contribution in [-0.2, 0) is 14.3 Å². The average molecular weight is 341 g/mol. The summed E-state index contributed by atoms with van der Waals surface area (Å²) < 4.78 is 4.71. The molecule has 0 spiro atoms. The molecule has 142 valence electrons. The maximum Gasteiger partial charge on any atom is 0.371 e. The number of unbranched alkanes of at least 4 members (excludes halogenated alkanes) is 16. The van der Waals surface area contributed by atoms with Gasteiger partial charge in [-0.05, 0) is 6.42 Å². The highest BCUT2D eigenvalue weighted by Gasteiger charge is 1.98. The number of ether oxygens (including phenoxy) is 1. The quantitative estimate of drug-likeness (QED) is 0.119. The molecule has 0 aromatic carbocycles. The Kier molecular flexibility index (Phi) is 19.5. The molecule has 0 fully saturated rings. The Morgan fingerprint density at radius 3 is 1.29 bits per heavy atom. The molecule has 24 heavy (non-hydrogen) atoms. The highest BCUT2D eigenvalue weighted by atomic mass is 16.5. The second kappa shape index (κ2) is 20.2. The summed E-state index contributed by atoms with van der Waals surface area (Å²) in [5, 5.41) is 0. The van der Waals surface area contributed by atoms with Gasteiger partial charge in [-0.25, -0.2) is 4.79 Å². The molecule has 0 heterocycles. The Hall–Kier alpha value is -0.860. The van der Waals surface area contributed by atoms with Gasteiger partial charge in [-0.2, -0.15) is 0 Å². The van der Waals surface area contributed by atoms with Gasteiger partial charge >= 0.3 is 5.97 Å². The van der Waals surface area contributed by atoms with E-state index < -0.39 is 5.97 Å². The molecule has 0 atom stereocenters. The minimum Gasteiger partial charge on any atom is -0.460 e. The number of rotatable bonds is 19. The van der Waals surface area contributed by atoms with E-state index >= 15 is 0 Å². The van der Waals surface area contributed by atoms with E-state index in [1.807, 2.05) is 0 Å². The van der Waals surface area contributed by atoms with Crippen molar-refractivity contribution in [2.24, 2.45) is 0 Å². The second-order valence-electron chi connectivity index (χ2n) is 6.94. The zero-order valence-corrected chi connectivity index (χ0v) is 16.0. The average Bonchev–Trinajstić information content (AvgIpc) is 2.60. The molecule has 3 heteroatoms. The molecule has 0 saturated carbocycles. The first kappa shape index (κ1) is 23.1. The number of hydrogen-bond acceptors (Lipinski definition) is 3. The van der Waals surface area contributed by atoms with E-state index in [9.17, 15) is 9.59 Å². The third kappa shape index (κ3) is 19.2. The third-order valence-corrected chi connectivity index (χ3v) is 4.59. The second-order valence-corrected chi connectivity index (χ2v) is 6.94. The van der Waals surface area contributed by atoms with Gasteiger partial charge in [0.05, 0.1) is 6.61 Å². The van der Waals surface area contributed by atoms with Crippen molar-refractivity contribution in [1.82, 2.24) is 0 Å². The molecule has 0 aromatic rings.